The molecule has 0 aliphatic heterocycles. The van der Waals surface area contributed by atoms with Crippen molar-refractivity contribution >= 4 is 11.6 Å². The number of nitrogens with zero attached hydrogens (tertiary/aromatic N) is 1. The van der Waals surface area contributed by atoms with E-state index in [9.17, 15) is 13.6 Å². The van der Waals surface area contributed by atoms with Gasteiger partial charge in [-0.05, 0) is 48.7 Å². The number of anilines is 1. The first kappa shape index (κ1) is 16.4. The van der Waals surface area contributed by atoms with Crippen LogP contribution in [0.15, 0.2) is 42.5 Å². The molecular weight excluding hydrogens is 310 g/mol. The summed E-state index contributed by atoms with van der Waals surface area (Å²) in [6.45, 7) is 0.467. The molecule has 0 spiro atoms. The van der Waals surface area contributed by atoms with Crippen molar-refractivity contribution in [3.8, 4) is 0 Å². The first-order valence-electron chi connectivity index (χ1n) is 7.92. The van der Waals surface area contributed by atoms with Gasteiger partial charge < -0.3 is 10.2 Å². The number of amides is 1. The van der Waals surface area contributed by atoms with E-state index in [1.165, 1.54) is 18.2 Å². The lowest BCUT2D eigenvalue weighted by molar-refractivity contribution is 0.0949. The van der Waals surface area contributed by atoms with Gasteiger partial charge in [-0.3, -0.25) is 4.79 Å². The van der Waals surface area contributed by atoms with E-state index in [0.29, 0.717) is 17.8 Å². The molecule has 3 nitrogen and oxygen atoms in total. The van der Waals surface area contributed by atoms with Gasteiger partial charge in [0.25, 0.3) is 5.91 Å². The molecule has 1 N–H and O–H groups in total. The van der Waals surface area contributed by atoms with Crippen LogP contribution in [0.5, 0.6) is 0 Å². The van der Waals surface area contributed by atoms with E-state index in [1.54, 1.807) is 43.3 Å². The molecule has 0 bridgehead atoms. The zero-order valence-electron chi connectivity index (χ0n) is 13.8. The van der Waals surface area contributed by atoms with Gasteiger partial charge in [0, 0.05) is 31.6 Å². The number of carbonyl (C=O) groups is 1. The second-order valence-electron chi connectivity index (χ2n) is 6.53. The Morgan fingerprint density at radius 3 is 2.33 bits per heavy atom. The highest BCUT2D eigenvalue weighted by Crippen LogP contribution is 2.47. The Hall–Kier alpha value is -2.43. The number of halogens is 2. The largest absolute Gasteiger partial charge is 0.375 e. The lowest BCUT2D eigenvalue weighted by atomic mass is 9.96. The molecule has 0 saturated heterocycles. The van der Waals surface area contributed by atoms with Crippen molar-refractivity contribution in [3.05, 3.63) is 65.2 Å². The van der Waals surface area contributed by atoms with Crippen LogP contribution in [0.25, 0.3) is 0 Å². The number of nitrogens with one attached hydrogen (secondary N) is 1. The van der Waals surface area contributed by atoms with E-state index in [-0.39, 0.29) is 17.1 Å². The van der Waals surface area contributed by atoms with Crippen LogP contribution >= 0.6 is 0 Å². The van der Waals surface area contributed by atoms with Gasteiger partial charge in [-0.1, -0.05) is 12.1 Å². The molecule has 1 aliphatic rings. The van der Waals surface area contributed by atoms with E-state index >= 15 is 0 Å². The van der Waals surface area contributed by atoms with Crippen LogP contribution in [0.3, 0.4) is 0 Å². The van der Waals surface area contributed by atoms with E-state index < -0.39 is 5.82 Å². The van der Waals surface area contributed by atoms with Crippen molar-refractivity contribution in [1.29, 1.82) is 0 Å². The lowest BCUT2D eigenvalue weighted by Crippen LogP contribution is -2.32. The molecular formula is C19H20F2N2O. The Morgan fingerprint density at radius 2 is 1.79 bits per heavy atom. The molecule has 1 amide bonds. The van der Waals surface area contributed by atoms with Gasteiger partial charge in [-0.15, -0.1) is 0 Å². The highest BCUT2D eigenvalue weighted by molar-refractivity contribution is 5.94. The van der Waals surface area contributed by atoms with Gasteiger partial charge in [-0.2, -0.15) is 0 Å². The maximum Gasteiger partial charge on any atom is 0.251 e. The van der Waals surface area contributed by atoms with E-state index in [2.05, 4.69) is 5.32 Å². The van der Waals surface area contributed by atoms with Crippen LogP contribution in [0.2, 0.25) is 0 Å². The number of hydrogen-bond acceptors (Lipinski definition) is 2. The fourth-order valence-corrected chi connectivity index (χ4v) is 2.88. The van der Waals surface area contributed by atoms with Crippen molar-refractivity contribution in [2.45, 2.75) is 18.3 Å². The summed E-state index contributed by atoms with van der Waals surface area (Å²) in [5, 5.41) is 2.88. The number of carbonyl (C=O) groups excluding carboxylic acids is 1. The highest BCUT2D eigenvalue weighted by atomic mass is 19.1. The summed E-state index contributed by atoms with van der Waals surface area (Å²) in [5.74, 6) is -0.991. The van der Waals surface area contributed by atoms with Crippen molar-refractivity contribution < 1.29 is 13.6 Å². The van der Waals surface area contributed by atoms with Gasteiger partial charge in [0.1, 0.15) is 11.6 Å². The second-order valence-corrected chi connectivity index (χ2v) is 6.53. The highest BCUT2D eigenvalue weighted by Gasteiger charge is 2.44. The third kappa shape index (κ3) is 3.25. The molecule has 0 aromatic heterocycles. The quantitative estimate of drug-likeness (QED) is 0.910. The summed E-state index contributed by atoms with van der Waals surface area (Å²) in [6, 6.07) is 10.9. The Labute approximate surface area is 140 Å². The molecule has 0 atom stereocenters. The molecule has 24 heavy (non-hydrogen) atoms. The average molecular weight is 330 g/mol. The zero-order valence-corrected chi connectivity index (χ0v) is 13.8. The molecule has 1 fully saturated rings. The van der Waals surface area contributed by atoms with Crippen LogP contribution in [0, 0.1) is 11.6 Å². The molecule has 2 aromatic carbocycles. The number of rotatable bonds is 5. The normalized spacial score (nSPS) is 15.0. The molecule has 1 saturated carbocycles. The second kappa shape index (κ2) is 6.23. The third-order valence-electron chi connectivity index (χ3n) is 4.59. The molecule has 2 aromatic rings. The van der Waals surface area contributed by atoms with Gasteiger partial charge in [-0.25, -0.2) is 8.78 Å². The molecule has 5 heteroatoms. The van der Waals surface area contributed by atoms with Gasteiger partial charge in [0.2, 0.25) is 0 Å². The molecule has 126 valence electrons. The summed E-state index contributed by atoms with van der Waals surface area (Å²) in [6.07, 6.45) is 1.90. The molecule has 0 heterocycles. The minimum absolute atomic E-state index is 0.120. The summed E-state index contributed by atoms with van der Waals surface area (Å²) >= 11 is 0. The SMILES string of the molecule is CN(C)c1ccc(C(=O)NCC2(c3ccc(F)cc3)CC2)cc1F. The van der Waals surface area contributed by atoms with E-state index in [4.69, 9.17) is 0 Å². The van der Waals surface area contributed by atoms with Crippen LogP contribution in [-0.2, 0) is 5.41 Å². The first-order chi connectivity index (χ1) is 11.4. The van der Waals surface area contributed by atoms with Crippen molar-refractivity contribution in [2.75, 3.05) is 25.5 Å². The van der Waals surface area contributed by atoms with Crippen molar-refractivity contribution in [2.24, 2.45) is 0 Å². The monoisotopic (exact) mass is 330 g/mol. The minimum atomic E-state index is -0.424. The summed E-state index contributed by atoms with van der Waals surface area (Å²) in [7, 11) is 3.50. The average Bonchev–Trinajstić information content (AvgIpc) is 3.34. The molecule has 0 radical (unpaired) electrons. The summed E-state index contributed by atoms with van der Waals surface area (Å²) in [4.78, 5) is 13.9. The van der Waals surface area contributed by atoms with E-state index in [1.807, 2.05) is 0 Å². The fourth-order valence-electron chi connectivity index (χ4n) is 2.88. The first-order valence-corrected chi connectivity index (χ1v) is 7.92. The smallest absolute Gasteiger partial charge is 0.251 e. The molecule has 0 unspecified atom stereocenters. The van der Waals surface area contributed by atoms with Gasteiger partial charge in [0.15, 0.2) is 0 Å². The standard InChI is InChI=1S/C19H20F2N2O/c1-23(2)17-8-3-13(11-16(17)21)18(24)22-12-19(9-10-19)14-4-6-15(20)7-5-14/h3-8,11H,9-10,12H2,1-2H3,(H,22,24). The van der Waals surface area contributed by atoms with Gasteiger partial charge in [0.05, 0.1) is 5.69 Å². The number of hydrogen-bond donors (Lipinski definition) is 1. The van der Waals surface area contributed by atoms with Crippen LogP contribution in [0.1, 0.15) is 28.8 Å². The zero-order chi connectivity index (χ0) is 17.3. The fraction of sp³-hybridized carbons (Fsp3) is 0.316. The maximum atomic E-state index is 14.0. The van der Waals surface area contributed by atoms with Crippen LogP contribution in [-0.4, -0.2) is 26.5 Å². The number of benzene rings is 2. The predicted octanol–water partition coefficient (Wildman–Crippen LogP) is 3.49. The Bertz CT molecular complexity index is 752. The Morgan fingerprint density at radius 1 is 1.12 bits per heavy atom. The van der Waals surface area contributed by atoms with Crippen LogP contribution in [0.4, 0.5) is 14.5 Å². The Balaban J connectivity index is 1.67. The van der Waals surface area contributed by atoms with Crippen LogP contribution < -0.4 is 10.2 Å². The Kier molecular flexibility index (Phi) is 4.26. The van der Waals surface area contributed by atoms with Gasteiger partial charge >= 0.3 is 0 Å². The van der Waals surface area contributed by atoms with Crippen molar-refractivity contribution in [1.82, 2.24) is 5.32 Å². The van der Waals surface area contributed by atoms with E-state index in [0.717, 1.165) is 18.4 Å². The topological polar surface area (TPSA) is 32.3 Å². The predicted molar refractivity (Wildman–Crippen MR) is 90.4 cm³/mol. The summed E-state index contributed by atoms with van der Waals surface area (Å²) in [5.41, 5.74) is 1.65. The minimum Gasteiger partial charge on any atom is -0.375 e. The maximum absolute atomic E-state index is 14.0. The van der Waals surface area contributed by atoms with Crippen molar-refractivity contribution in [3.63, 3.8) is 0 Å². The lowest BCUT2D eigenvalue weighted by Gasteiger charge is -2.17. The summed E-state index contributed by atoms with van der Waals surface area (Å²) < 4.78 is 27.0. The third-order valence-corrected chi connectivity index (χ3v) is 4.59. The molecule has 3 rings (SSSR count). The molecule has 1 aliphatic carbocycles.